The van der Waals surface area contributed by atoms with Crippen molar-refractivity contribution in [1.82, 2.24) is 19.9 Å². The van der Waals surface area contributed by atoms with Crippen molar-refractivity contribution in [3.05, 3.63) is 29.4 Å². The molecule has 11 heteroatoms. The number of ether oxygens (including phenoxy) is 2. The number of anilines is 3. The number of halogens is 1. The summed E-state index contributed by atoms with van der Waals surface area (Å²) in [4.78, 5) is 14.6. The maximum Gasteiger partial charge on any atom is 0.231 e. The van der Waals surface area contributed by atoms with E-state index < -0.39 is 7.14 Å². The van der Waals surface area contributed by atoms with E-state index in [1.165, 1.54) is 0 Å². The second kappa shape index (κ2) is 9.74. The van der Waals surface area contributed by atoms with Gasteiger partial charge in [0.2, 0.25) is 5.95 Å². The van der Waals surface area contributed by atoms with Crippen molar-refractivity contribution in [1.29, 1.82) is 0 Å². The number of rotatable bonds is 6. The molecule has 9 nitrogen and oxygen atoms in total. The molecule has 3 aromatic rings. The van der Waals surface area contributed by atoms with Crippen LogP contribution in [0.1, 0.15) is 12.8 Å². The second-order valence-corrected chi connectivity index (χ2v) is 12.3. The summed E-state index contributed by atoms with van der Waals surface area (Å²) in [6, 6.07) is 6.29. The van der Waals surface area contributed by atoms with Gasteiger partial charge in [-0.2, -0.15) is 9.97 Å². The maximum atomic E-state index is 13.9. The molecule has 3 N–H and O–H groups in total. The molecule has 34 heavy (non-hydrogen) atoms. The van der Waals surface area contributed by atoms with Crippen molar-refractivity contribution >= 4 is 52.5 Å². The predicted octanol–water partition coefficient (Wildman–Crippen LogP) is 3.89. The molecule has 0 saturated carbocycles. The first-order valence-corrected chi connectivity index (χ1v) is 14.0. The van der Waals surface area contributed by atoms with Crippen LogP contribution >= 0.6 is 18.7 Å². The van der Waals surface area contributed by atoms with Crippen molar-refractivity contribution in [3.63, 3.8) is 0 Å². The lowest BCUT2D eigenvalue weighted by Crippen LogP contribution is -2.45. The first-order valence-electron chi connectivity index (χ1n) is 11.6. The van der Waals surface area contributed by atoms with Gasteiger partial charge in [0.05, 0.1) is 23.2 Å². The van der Waals surface area contributed by atoms with Crippen LogP contribution in [-0.2, 0) is 9.30 Å². The zero-order valence-electron chi connectivity index (χ0n) is 19.4. The minimum Gasteiger partial charge on any atom is -0.495 e. The van der Waals surface area contributed by atoms with Crippen LogP contribution in [0, 0.1) is 0 Å². The molecule has 0 unspecified atom stereocenters. The standard InChI is InChI=1S/C23H30ClN6O3P/c1-25-21-20-17(24)14-26-22(20)29-23(28-21)27-18-4-3-16(13-19(18)32-2)34(31)11-7-30(8-12-34)15-5-9-33-10-6-15/h3-4,13-15H,5-12H2,1-2H3,(H3,25,26,27,28,29). The van der Waals surface area contributed by atoms with Crippen molar-refractivity contribution in [2.45, 2.75) is 18.9 Å². The van der Waals surface area contributed by atoms with E-state index in [9.17, 15) is 4.57 Å². The lowest BCUT2D eigenvalue weighted by atomic mass is 10.1. The minimum absolute atomic E-state index is 0.401. The van der Waals surface area contributed by atoms with Gasteiger partial charge in [-0.05, 0) is 31.0 Å². The molecule has 0 atom stereocenters. The topological polar surface area (TPSA) is 104 Å². The summed E-state index contributed by atoms with van der Waals surface area (Å²) >= 11 is 6.25. The fraction of sp³-hybridized carbons (Fsp3) is 0.478. The summed E-state index contributed by atoms with van der Waals surface area (Å²) in [5, 5.41) is 8.45. The van der Waals surface area contributed by atoms with Crippen LogP contribution in [0.2, 0.25) is 5.02 Å². The summed E-state index contributed by atoms with van der Waals surface area (Å²) in [7, 11) is 0.919. The van der Waals surface area contributed by atoms with E-state index >= 15 is 0 Å². The van der Waals surface area contributed by atoms with Gasteiger partial charge in [0.25, 0.3) is 0 Å². The second-order valence-electron chi connectivity index (χ2n) is 8.73. The zero-order valence-corrected chi connectivity index (χ0v) is 21.1. The summed E-state index contributed by atoms with van der Waals surface area (Å²) in [5.74, 6) is 1.63. The van der Waals surface area contributed by atoms with Gasteiger partial charge in [-0.3, -0.25) is 4.90 Å². The van der Waals surface area contributed by atoms with E-state index in [4.69, 9.17) is 21.1 Å². The third-order valence-electron chi connectivity index (χ3n) is 6.83. The first-order chi connectivity index (χ1) is 16.5. The van der Waals surface area contributed by atoms with E-state index in [0.717, 1.165) is 49.8 Å². The van der Waals surface area contributed by atoms with E-state index in [1.807, 2.05) is 18.2 Å². The molecule has 4 heterocycles. The highest BCUT2D eigenvalue weighted by Crippen LogP contribution is 2.48. The highest BCUT2D eigenvalue weighted by Gasteiger charge is 2.34. The van der Waals surface area contributed by atoms with Crippen molar-refractivity contribution < 1.29 is 14.0 Å². The van der Waals surface area contributed by atoms with Crippen LogP contribution in [0.15, 0.2) is 24.4 Å². The summed E-state index contributed by atoms with van der Waals surface area (Å²) in [6.45, 7) is 3.38. The number of benzene rings is 1. The highest BCUT2D eigenvalue weighted by molar-refractivity contribution is 7.71. The highest BCUT2D eigenvalue weighted by atomic mass is 35.5. The molecule has 0 aliphatic carbocycles. The number of fused-ring (bicyclic) bond motifs is 1. The van der Waals surface area contributed by atoms with Crippen LogP contribution in [0.4, 0.5) is 17.5 Å². The summed E-state index contributed by atoms with van der Waals surface area (Å²) in [6.07, 6.45) is 5.20. The molecule has 5 rings (SSSR count). The molecule has 2 saturated heterocycles. The molecule has 0 spiro atoms. The van der Waals surface area contributed by atoms with Gasteiger partial charge in [-0.1, -0.05) is 11.6 Å². The number of hydrogen-bond acceptors (Lipinski definition) is 8. The van der Waals surface area contributed by atoms with Crippen LogP contribution in [0.5, 0.6) is 5.75 Å². The minimum atomic E-state index is -2.48. The van der Waals surface area contributed by atoms with Crippen LogP contribution in [0.3, 0.4) is 0 Å². The Morgan fingerprint density at radius 3 is 2.71 bits per heavy atom. The molecule has 2 aromatic heterocycles. The van der Waals surface area contributed by atoms with Crippen LogP contribution in [-0.4, -0.2) is 78.7 Å². The van der Waals surface area contributed by atoms with Gasteiger partial charge in [0.15, 0.2) is 0 Å². The van der Waals surface area contributed by atoms with Crippen molar-refractivity contribution in [3.8, 4) is 5.75 Å². The molecular formula is C23H30ClN6O3P. The summed E-state index contributed by atoms with van der Waals surface area (Å²) < 4.78 is 25.0. The van der Waals surface area contributed by atoms with E-state index in [1.54, 1.807) is 20.4 Å². The van der Waals surface area contributed by atoms with Gasteiger partial charge in [0, 0.05) is 63.2 Å². The molecule has 2 aliphatic rings. The first kappa shape index (κ1) is 23.4. The quantitative estimate of drug-likeness (QED) is 0.434. The molecule has 2 fully saturated rings. The molecular weight excluding hydrogens is 475 g/mol. The fourth-order valence-corrected chi connectivity index (χ4v) is 7.70. The SMILES string of the molecule is CNc1nc(Nc2ccc(P3(=O)CCN(C4CCOCC4)CC3)cc2OC)nc2[nH]cc(Cl)c12. The lowest BCUT2D eigenvalue weighted by Gasteiger charge is -2.39. The number of aromatic nitrogens is 3. The Balaban J connectivity index is 1.35. The Kier molecular flexibility index (Phi) is 6.71. The van der Waals surface area contributed by atoms with E-state index in [0.29, 0.717) is 52.2 Å². The zero-order chi connectivity index (χ0) is 23.7. The van der Waals surface area contributed by atoms with Crippen molar-refractivity contribution in [2.24, 2.45) is 0 Å². The van der Waals surface area contributed by atoms with E-state index in [2.05, 4.69) is 30.5 Å². The van der Waals surface area contributed by atoms with Gasteiger partial charge >= 0.3 is 0 Å². The van der Waals surface area contributed by atoms with Crippen LogP contribution in [0.25, 0.3) is 11.0 Å². The molecule has 2 aliphatic heterocycles. The Morgan fingerprint density at radius 2 is 2.00 bits per heavy atom. The fourth-order valence-electron chi connectivity index (χ4n) is 4.87. The Labute approximate surface area is 204 Å². The molecule has 0 bridgehead atoms. The average Bonchev–Trinajstić information content (AvgIpc) is 3.25. The number of nitrogens with one attached hydrogen (secondary N) is 3. The third kappa shape index (κ3) is 4.50. The van der Waals surface area contributed by atoms with Gasteiger partial charge < -0.3 is 29.7 Å². The third-order valence-corrected chi connectivity index (χ3v) is 10.2. The smallest absolute Gasteiger partial charge is 0.231 e. The van der Waals surface area contributed by atoms with Gasteiger partial charge in [-0.15, -0.1) is 0 Å². The Bertz CT molecular complexity index is 1220. The average molecular weight is 505 g/mol. The summed E-state index contributed by atoms with van der Waals surface area (Å²) in [5.41, 5.74) is 1.33. The molecule has 0 radical (unpaired) electrons. The number of aromatic amines is 1. The number of H-pyrrole nitrogens is 1. The van der Waals surface area contributed by atoms with Gasteiger partial charge in [0.1, 0.15) is 24.4 Å². The van der Waals surface area contributed by atoms with Crippen LogP contribution < -0.4 is 20.7 Å². The lowest BCUT2D eigenvalue weighted by molar-refractivity contribution is 0.0371. The number of nitrogens with zero attached hydrogens (tertiary/aromatic N) is 3. The number of hydrogen-bond donors (Lipinski definition) is 3. The number of methoxy groups -OCH3 is 1. The van der Waals surface area contributed by atoms with Crippen molar-refractivity contribution in [2.75, 3.05) is 63.4 Å². The maximum absolute atomic E-state index is 13.9. The van der Waals surface area contributed by atoms with E-state index in [-0.39, 0.29) is 0 Å². The molecule has 1 aromatic carbocycles. The Hall–Kier alpha value is -2.32. The predicted molar refractivity (Wildman–Crippen MR) is 137 cm³/mol. The molecule has 182 valence electrons. The monoisotopic (exact) mass is 504 g/mol. The van der Waals surface area contributed by atoms with Gasteiger partial charge in [-0.25, -0.2) is 0 Å². The Morgan fingerprint density at radius 1 is 1.24 bits per heavy atom. The molecule has 0 amide bonds. The largest absolute Gasteiger partial charge is 0.495 e. The normalized spacial score (nSPS) is 19.3.